The summed E-state index contributed by atoms with van der Waals surface area (Å²) < 4.78 is 5.00. The fraction of sp³-hybridized carbons (Fsp3) is 0.917. The monoisotopic (exact) mass is 214 g/mol. The zero-order valence-electron chi connectivity index (χ0n) is 10.3. The molecule has 0 rings (SSSR count). The predicted molar refractivity (Wildman–Crippen MR) is 66.4 cm³/mol. The molecule has 0 aromatic heterocycles. The van der Waals surface area contributed by atoms with Gasteiger partial charge in [-0.3, -0.25) is 4.99 Å². The second kappa shape index (κ2) is 11.5. The van der Waals surface area contributed by atoms with Gasteiger partial charge in [-0.15, -0.1) is 0 Å². The number of unbranched alkanes of at least 4 members (excludes halogenated alkanes) is 6. The van der Waals surface area contributed by atoms with Gasteiger partial charge >= 0.3 is 0 Å². The molecule has 0 saturated carbocycles. The van der Waals surface area contributed by atoms with Crippen molar-refractivity contribution in [3.05, 3.63) is 0 Å². The van der Waals surface area contributed by atoms with Crippen LogP contribution in [0.15, 0.2) is 4.99 Å². The zero-order chi connectivity index (χ0) is 11.4. The minimum absolute atomic E-state index is 0.787. The third-order valence-electron chi connectivity index (χ3n) is 2.57. The first kappa shape index (κ1) is 14.4. The van der Waals surface area contributed by atoms with E-state index in [1.807, 2.05) is 0 Å². The van der Waals surface area contributed by atoms with Crippen LogP contribution in [-0.2, 0) is 4.74 Å². The first-order chi connectivity index (χ1) is 7.31. The SMILES string of the molecule is CN=C(N)CCCCCCCCCOC. The van der Waals surface area contributed by atoms with E-state index >= 15 is 0 Å². The number of amidine groups is 1. The molecule has 15 heavy (non-hydrogen) atoms. The van der Waals surface area contributed by atoms with Crippen molar-refractivity contribution in [2.75, 3.05) is 20.8 Å². The molecular formula is C12H26N2O. The Morgan fingerprint density at radius 3 is 2.07 bits per heavy atom. The van der Waals surface area contributed by atoms with Gasteiger partial charge in [0.1, 0.15) is 0 Å². The van der Waals surface area contributed by atoms with Crippen molar-refractivity contribution in [1.29, 1.82) is 0 Å². The third kappa shape index (κ3) is 11.4. The van der Waals surface area contributed by atoms with Crippen LogP contribution in [0.1, 0.15) is 51.4 Å². The van der Waals surface area contributed by atoms with Crippen molar-refractivity contribution in [1.82, 2.24) is 0 Å². The molecule has 90 valence electrons. The molecule has 0 aliphatic carbocycles. The number of nitrogens with two attached hydrogens (primary N) is 1. The molecule has 0 saturated heterocycles. The predicted octanol–water partition coefficient (Wildman–Crippen LogP) is 2.74. The van der Waals surface area contributed by atoms with E-state index in [0.717, 1.165) is 18.9 Å². The average molecular weight is 214 g/mol. The third-order valence-corrected chi connectivity index (χ3v) is 2.57. The van der Waals surface area contributed by atoms with Gasteiger partial charge in [-0.05, 0) is 12.8 Å². The van der Waals surface area contributed by atoms with E-state index in [9.17, 15) is 0 Å². The van der Waals surface area contributed by atoms with Crippen molar-refractivity contribution < 1.29 is 4.74 Å². The molecule has 0 heterocycles. The van der Waals surface area contributed by atoms with Crippen LogP contribution in [0, 0.1) is 0 Å². The summed E-state index contributed by atoms with van der Waals surface area (Å²) in [6.07, 6.45) is 9.91. The van der Waals surface area contributed by atoms with Crippen molar-refractivity contribution >= 4 is 5.84 Å². The van der Waals surface area contributed by atoms with E-state index in [2.05, 4.69) is 4.99 Å². The molecule has 0 unspecified atom stereocenters. The summed E-state index contributed by atoms with van der Waals surface area (Å²) >= 11 is 0. The van der Waals surface area contributed by atoms with Gasteiger partial charge in [0.25, 0.3) is 0 Å². The van der Waals surface area contributed by atoms with E-state index in [1.165, 1.54) is 44.9 Å². The molecule has 0 atom stereocenters. The lowest BCUT2D eigenvalue weighted by atomic mass is 10.1. The molecule has 0 aliphatic rings. The number of aliphatic imine (C=N–C) groups is 1. The Hall–Kier alpha value is -0.570. The largest absolute Gasteiger partial charge is 0.387 e. The zero-order valence-corrected chi connectivity index (χ0v) is 10.3. The molecule has 0 spiro atoms. The van der Waals surface area contributed by atoms with Gasteiger partial charge in [0.05, 0.1) is 5.84 Å². The van der Waals surface area contributed by atoms with Gasteiger partial charge in [0, 0.05) is 27.2 Å². The molecule has 3 nitrogen and oxygen atoms in total. The molecule has 2 N–H and O–H groups in total. The maximum Gasteiger partial charge on any atom is 0.0933 e. The van der Waals surface area contributed by atoms with Gasteiger partial charge in [-0.2, -0.15) is 0 Å². The highest BCUT2D eigenvalue weighted by Gasteiger charge is 1.93. The first-order valence-electron chi connectivity index (χ1n) is 6.01. The topological polar surface area (TPSA) is 47.6 Å². The Bertz CT molecular complexity index is 158. The fourth-order valence-electron chi connectivity index (χ4n) is 1.55. The van der Waals surface area contributed by atoms with Crippen LogP contribution in [0.3, 0.4) is 0 Å². The van der Waals surface area contributed by atoms with Gasteiger partial charge in [-0.25, -0.2) is 0 Å². The van der Waals surface area contributed by atoms with Crippen molar-refractivity contribution in [2.45, 2.75) is 51.4 Å². The number of nitrogens with zero attached hydrogens (tertiary/aromatic N) is 1. The highest BCUT2D eigenvalue weighted by atomic mass is 16.5. The molecule has 0 aliphatic heterocycles. The summed E-state index contributed by atoms with van der Waals surface area (Å²) in [5.74, 6) is 0.787. The standard InChI is InChI=1S/C12H26N2O/c1-14-12(13)10-8-6-4-3-5-7-9-11-15-2/h3-11H2,1-2H3,(H2,13,14). The summed E-state index contributed by atoms with van der Waals surface area (Å²) in [6, 6.07) is 0. The Morgan fingerprint density at radius 2 is 1.53 bits per heavy atom. The van der Waals surface area contributed by atoms with Crippen LogP contribution in [-0.4, -0.2) is 26.6 Å². The average Bonchev–Trinajstić information content (AvgIpc) is 2.26. The van der Waals surface area contributed by atoms with Crippen LogP contribution in [0.5, 0.6) is 0 Å². The molecule has 0 fully saturated rings. The molecule has 0 aromatic carbocycles. The summed E-state index contributed by atoms with van der Waals surface area (Å²) in [7, 11) is 3.52. The van der Waals surface area contributed by atoms with Gasteiger partial charge in [-0.1, -0.05) is 32.1 Å². The Balaban J connectivity index is 2.99. The minimum Gasteiger partial charge on any atom is -0.387 e. The van der Waals surface area contributed by atoms with E-state index in [1.54, 1.807) is 14.2 Å². The molecular weight excluding hydrogens is 188 g/mol. The normalized spacial score (nSPS) is 12.0. The van der Waals surface area contributed by atoms with Gasteiger partial charge in [0.15, 0.2) is 0 Å². The lowest BCUT2D eigenvalue weighted by molar-refractivity contribution is 0.192. The van der Waals surface area contributed by atoms with Gasteiger partial charge < -0.3 is 10.5 Å². The second-order valence-electron chi connectivity index (χ2n) is 3.93. The van der Waals surface area contributed by atoms with Crippen molar-refractivity contribution in [2.24, 2.45) is 10.7 Å². The highest BCUT2D eigenvalue weighted by molar-refractivity contribution is 5.79. The first-order valence-corrected chi connectivity index (χ1v) is 6.01. The summed E-state index contributed by atoms with van der Waals surface area (Å²) in [4.78, 5) is 3.94. The number of methoxy groups -OCH3 is 1. The maximum absolute atomic E-state index is 5.60. The van der Waals surface area contributed by atoms with Crippen molar-refractivity contribution in [3.63, 3.8) is 0 Å². The van der Waals surface area contributed by atoms with Crippen LogP contribution in [0.25, 0.3) is 0 Å². The Morgan fingerprint density at radius 1 is 1.00 bits per heavy atom. The summed E-state index contributed by atoms with van der Waals surface area (Å²) in [6.45, 7) is 0.906. The number of hydrogen-bond acceptors (Lipinski definition) is 2. The van der Waals surface area contributed by atoms with Gasteiger partial charge in [0.2, 0.25) is 0 Å². The van der Waals surface area contributed by atoms with Crippen LogP contribution in [0.4, 0.5) is 0 Å². The summed E-state index contributed by atoms with van der Waals surface area (Å²) in [5.41, 5.74) is 5.60. The Labute approximate surface area is 94.1 Å². The number of ether oxygens (including phenoxy) is 1. The molecule has 0 bridgehead atoms. The van der Waals surface area contributed by atoms with E-state index < -0.39 is 0 Å². The van der Waals surface area contributed by atoms with Crippen LogP contribution >= 0.6 is 0 Å². The molecule has 0 radical (unpaired) electrons. The van der Waals surface area contributed by atoms with Crippen molar-refractivity contribution in [3.8, 4) is 0 Å². The lowest BCUT2D eigenvalue weighted by Crippen LogP contribution is -2.10. The quantitative estimate of drug-likeness (QED) is 0.345. The Kier molecular flexibility index (Phi) is 11.1. The molecule has 3 heteroatoms. The lowest BCUT2D eigenvalue weighted by Gasteiger charge is -2.02. The highest BCUT2D eigenvalue weighted by Crippen LogP contribution is 2.08. The number of rotatable bonds is 10. The van der Waals surface area contributed by atoms with E-state index in [0.29, 0.717) is 0 Å². The smallest absolute Gasteiger partial charge is 0.0933 e. The molecule has 0 aromatic rings. The van der Waals surface area contributed by atoms with Crippen LogP contribution < -0.4 is 5.73 Å². The number of hydrogen-bond donors (Lipinski definition) is 1. The van der Waals surface area contributed by atoms with E-state index in [4.69, 9.17) is 10.5 Å². The fourth-order valence-corrected chi connectivity index (χ4v) is 1.55. The molecule has 0 amide bonds. The maximum atomic E-state index is 5.60. The minimum atomic E-state index is 0.787. The van der Waals surface area contributed by atoms with Crippen LogP contribution in [0.2, 0.25) is 0 Å². The summed E-state index contributed by atoms with van der Waals surface area (Å²) in [5, 5.41) is 0. The second-order valence-corrected chi connectivity index (χ2v) is 3.93. The van der Waals surface area contributed by atoms with E-state index in [-0.39, 0.29) is 0 Å².